The Morgan fingerprint density at radius 2 is 1.84 bits per heavy atom. The van der Waals surface area contributed by atoms with Gasteiger partial charge < -0.3 is 19.3 Å². The summed E-state index contributed by atoms with van der Waals surface area (Å²) in [6, 6.07) is 16.8. The second kappa shape index (κ2) is 10.1. The molecule has 0 spiro atoms. The van der Waals surface area contributed by atoms with E-state index in [0.29, 0.717) is 48.5 Å². The number of carbonyl (C=O) groups is 1. The molecule has 2 heterocycles. The summed E-state index contributed by atoms with van der Waals surface area (Å²) >= 11 is 1.56. The van der Waals surface area contributed by atoms with E-state index in [-0.39, 0.29) is 5.91 Å². The number of carbonyl (C=O) groups excluding carboxylic acids is 1. The molecule has 0 radical (unpaired) electrons. The van der Waals surface area contributed by atoms with Gasteiger partial charge in [-0.1, -0.05) is 23.4 Å². The van der Waals surface area contributed by atoms with E-state index in [1.54, 1.807) is 11.3 Å². The Balaban J connectivity index is 1.52. The van der Waals surface area contributed by atoms with Gasteiger partial charge in [-0.05, 0) is 55.6 Å². The minimum atomic E-state index is -0.0729. The van der Waals surface area contributed by atoms with Crippen molar-refractivity contribution in [1.82, 2.24) is 10.1 Å². The predicted molar refractivity (Wildman–Crippen MR) is 124 cm³/mol. The molecule has 0 aliphatic heterocycles. The Kier molecular flexibility index (Phi) is 6.81. The molecule has 0 unspecified atom stereocenters. The Labute approximate surface area is 190 Å². The van der Waals surface area contributed by atoms with Crippen molar-refractivity contribution >= 4 is 22.9 Å². The molecule has 0 aliphatic carbocycles. The Morgan fingerprint density at radius 1 is 1.00 bits per heavy atom. The van der Waals surface area contributed by atoms with Crippen LogP contribution in [0.4, 0.5) is 5.69 Å². The third kappa shape index (κ3) is 5.15. The van der Waals surface area contributed by atoms with E-state index in [2.05, 4.69) is 15.5 Å². The molecule has 0 bridgehead atoms. The third-order valence-electron chi connectivity index (χ3n) is 4.54. The van der Waals surface area contributed by atoms with Gasteiger partial charge in [0.2, 0.25) is 11.7 Å². The molecule has 2 aromatic carbocycles. The van der Waals surface area contributed by atoms with Gasteiger partial charge >= 0.3 is 0 Å². The minimum Gasteiger partial charge on any atom is -0.490 e. The summed E-state index contributed by atoms with van der Waals surface area (Å²) in [6.07, 6.45) is 0.341. The number of nitrogens with one attached hydrogen (secondary N) is 1. The van der Waals surface area contributed by atoms with Gasteiger partial charge in [-0.15, -0.1) is 11.3 Å². The van der Waals surface area contributed by atoms with Gasteiger partial charge in [0.15, 0.2) is 11.5 Å². The number of thiophene rings is 1. The van der Waals surface area contributed by atoms with E-state index >= 15 is 0 Å². The molecule has 1 N–H and O–H groups in total. The highest BCUT2D eigenvalue weighted by atomic mass is 32.1. The zero-order valence-corrected chi connectivity index (χ0v) is 18.6. The van der Waals surface area contributed by atoms with Crippen LogP contribution in [-0.4, -0.2) is 29.3 Å². The van der Waals surface area contributed by atoms with Crippen molar-refractivity contribution in [3.63, 3.8) is 0 Å². The normalized spacial score (nSPS) is 10.7. The van der Waals surface area contributed by atoms with Crippen molar-refractivity contribution in [1.29, 1.82) is 0 Å². The first-order valence-electron chi connectivity index (χ1n) is 10.3. The summed E-state index contributed by atoms with van der Waals surface area (Å²) in [7, 11) is 0. The van der Waals surface area contributed by atoms with Gasteiger partial charge in [-0.3, -0.25) is 4.79 Å². The van der Waals surface area contributed by atoms with Crippen molar-refractivity contribution in [2.24, 2.45) is 0 Å². The molecule has 0 fully saturated rings. The number of hydrogen-bond acceptors (Lipinski definition) is 7. The van der Waals surface area contributed by atoms with Gasteiger partial charge in [-0.25, -0.2) is 0 Å². The first-order chi connectivity index (χ1) is 15.7. The van der Waals surface area contributed by atoms with Gasteiger partial charge in [0.25, 0.3) is 5.89 Å². The summed E-state index contributed by atoms with van der Waals surface area (Å²) < 4.78 is 16.8. The maximum atomic E-state index is 12.3. The quantitative estimate of drug-likeness (QED) is 0.366. The number of aromatic nitrogens is 2. The van der Waals surface area contributed by atoms with Crippen LogP contribution in [0.1, 0.15) is 18.7 Å². The van der Waals surface area contributed by atoms with Gasteiger partial charge in [-0.2, -0.15) is 4.98 Å². The zero-order valence-electron chi connectivity index (χ0n) is 17.8. The van der Waals surface area contributed by atoms with Crippen molar-refractivity contribution in [3.05, 3.63) is 64.9 Å². The lowest BCUT2D eigenvalue weighted by Gasteiger charge is -2.11. The van der Waals surface area contributed by atoms with Crippen molar-refractivity contribution in [2.75, 3.05) is 18.5 Å². The number of benzene rings is 2. The standard InChI is InChI=1S/C24H23N3O4S/c1-3-29-20-11-10-17(14-21(20)30-4-2)24-26-23(27-31-24)16-7-5-8-18(13-16)25-22(28)15-19-9-6-12-32-19/h5-14H,3-4,15H2,1-2H3,(H,25,28). The summed E-state index contributed by atoms with van der Waals surface area (Å²) in [4.78, 5) is 17.8. The second-order valence-corrected chi connectivity index (χ2v) is 7.87. The number of hydrogen-bond donors (Lipinski definition) is 1. The maximum absolute atomic E-state index is 12.3. The van der Waals surface area contributed by atoms with E-state index in [1.807, 2.05) is 73.8 Å². The van der Waals surface area contributed by atoms with E-state index < -0.39 is 0 Å². The molecule has 0 atom stereocenters. The highest BCUT2D eigenvalue weighted by Crippen LogP contribution is 2.33. The number of anilines is 1. The summed E-state index contributed by atoms with van der Waals surface area (Å²) in [5.74, 6) is 2.03. The average Bonchev–Trinajstić information content (AvgIpc) is 3.48. The Hall–Kier alpha value is -3.65. The van der Waals surface area contributed by atoms with Crippen molar-refractivity contribution in [2.45, 2.75) is 20.3 Å². The van der Waals surface area contributed by atoms with Crippen molar-refractivity contribution in [3.8, 4) is 34.3 Å². The minimum absolute atomic E-state index is 0.0729. The highest BCUT2D eigenvalue weighted by Gasteiger charge is 2.15. The second-order valence-electron chi connectivity index (χ2n) is 6.84. The lowest BCUT2D eigenvalue weighted by atomic mass is 10.1. The van der Waals surface area contributed by atoms with Gasteiger partial charge in [0.05, 0.1) is 19.6 Å². The van der Waals surface area contributed by atoms with Gasteiger partial charge in [0.1, 0.15) is 0 Å². The van der Waals surface area contributed by atoms with Crippen molar-refractivity contribution < 1.29 is 18.8 Å². The molecule has 4 rings (SSSR count). The molecule has 4 aromatic rings. The number of nitrogens with zero attached hydrogens (tertiary/aromatic N) is 2. The SMILES string of the molecule is CCOc1ccc(-c2nc(-c3cccc(NC(=O)Cc4cccs4)c3)no2)cc1OCC. The fourth-order valence-electron chi connectivity index (χ4n) is 3.15. The summed E-state index contributed by atoms with van der Waals surface area (Å²) in [5.41, 5.74) is 2.15. The van der Waals surface area contributed by atoms with Gasteiger partial charge in [0, 0.05) is 21.7 Å². The first-order valence-corrected chi connectivity index (χ1v) is 11.2. The van der Waals surface area contributed by atoms with Crippen LogP contribution in [0.25, 0.3) is 22.8 Å². The lowest BCUT2D eigenvalue weighted by Crippen LogP contribution is -2.13. The van der Waals surface area contributed by atoms with Crippen LogP contribution in [0.5, 0.6) is 11.5 Å². The highest BCUT2D eigenvalue weighted by molar-refractivity contribution is 7.10. The molecule has 164 valence electrons. The van der Waals surface area contributed by atoms with Crippen LogP contribution in [0.2, 0.25) is 0 Å². The molecule has 32 heavy (non-hydrogen) atoms. The predicted octanol–water partition coefficient (Wildman–Crippen LogP) is 5.44. The van der Waals surface area contributed by atoms with Crippen LogP contribution < -0.4 is 14.8 Å². The van der Waals surface area contributed by atoms with Crippen LogP contribution in [-0.2, 0) is 11.2 Å². The molecular weight excluding hydrogens is 426 g/mol. The molecule has 0 saturated carbocycles. The monoisotopic (exact) mass is 449 g/mol. The maximum Gasteiger partial charge on any atom is 0.258 e. The summed E-state index contributed by atoms with van der Waals surface area (Å²) in [6.45, 7) is 4.90. The molecular formula is C24H23N3O4S. The molecule has 8 heteroatoms. The van der Waals surface area contributed by atoms with Crippen LogP contribution in [0.3, 0.4) is 0 Å². The Bertz CT molecular complexity index is 1190. The first kappa shape index (κ1) is 21.6. The van der Waals surface area contributed by atoms with Crippen LogP contribution >= 0.6 is 11.3 Å². The smallest absolute Gasteiger partial charge is 0.258 e. The largest absolute Gasteiger partial charge is 0.490 e. The van der Waals surface area contributed by atoms with E-state index in [4.69, 9.17) is 14.0 Å². The molecule has 0 aliphatic rings. The zero-order chi connectivity index (χ0) is 22.3. The van der Waals surface area contributed by atoms with E-state index in [9.17, 15) is 4.79 Å². The fourth-order valence-corrected chi connectivity index (χ4v) is 3.86. The number of amides is 1. The number of ether oxygens (including phenoxy) is 2. The third-order valence-corrected chi connectivity index (χ3v) is 5.41. The van der Waals surface area contributed by atoms with Crippen LogP contribution in [0.15, 0.2) is 64.5 Å². The molecule has 0 saturated heterocycles. The fraction of sp³-hybridized carbons (Fsp3) is 0.208. The lowest BCUT2D eigenvalue weighted by molar-refractivity contribution is -0.115. The van der Waals surface area contributed by atoms with Crippen LogP contribution in [0, 0.1) is 0 Å². The number of rotatable bonds is 9. The van der Waals surface area contributed by atoms with E-state index in [1.165, 1.54) is 0 Å². The average molecular weight is 450 g/mol. The molecule has 1 amide bonds. The topological polar surface area (TPSA) is 86.5 Å². The van der Waals surface area contributed by atoms with E-state index in [0.717, 1.165) is 16.0 Å². The summed E-state index contributed by atoms with van der Waals surface area (Å²) in [5, 5.41) is 8.99. The molecule has 7 nitrogen and oxygen atoms in total. The Morgan fingerprint density at radius 3 is 2.62 bits per heavy atom. The molecule has 2 aromatic heterocycles.